The highest BCUT2D eigenvalue weighted by Gasteiger charge is 2.24. The molecule has 0 saturated heterocycles. The van der Waals surface area contributed by atoms with Crippen LogP contribution in [0.4, 0.5) is 0 Å². The molecule has 0 aliphatic carbocycles. The molecule has 0 aromatic rings. The fourth-order valence-corrected chi connectivity index (χ4v) is 1.74. The molecule has 0 unspecified atom stereocenters. The molecule has 2 aliphatic rings. The van der Waals surface area contributed by atoms with E-state index in [1.165, 1.54) is 0 Å². The number of hydrogen-bond donors (Lipinski definition) is 0. The zero-order valence-corrected chi connectivity index (χ0v) is 9.69. The first-order valence-corrected chi connectivity index (χ1v) is 5.39. The molecule has 0 radical (unpaired) electrons. The average Bonchev–Trinajstić information content (AvgIpc) is 2.60. The lowest BCUT2D eigenvalue weighted by Gasteiger charge is -2.06. The fraction of sp³-hybridized carbons (Fsp3) is 0.300. The molecule has 2 rings (SSSR count). The van der Waals surface area contributed by atoms with Crippen molar-refractivity contribution in [3.05, 3.63) is 22.5 Å². The summed E-state index contributed by atoms with van der Waals surface area (Å²) in [5.41, 5.74) is 1.18. The van der Waals surface area contributed by atoms with Crippen LogP contribution in [0, 0.1) is 5.92 Å². The van der Waals surface area contributed by atoms with Gasteiger partial charge in [-0.25, -0.2) is 9.79 Å². The maximum atomic E-state index is 11.4. The number of ether oxygens (including phenoxy) is 1. The number of rotatable bonds is 2. The van der Waals surface area contributed by atoms with E-state index in [-0.39, 0.29) is 11.9 Å². The molecule has 1 atom stereocenters. The zero-order valence-electron chi connectivity index (χ0n) is 8.11. The Kier molecular flexibility index (Phi) is 2.81. The molecule has 0 saturated carbocycles. The van der Waals surface area contributed by atoms with Crippen LogP contribution in [-0.4, -0.2) is 24.5 Å². The molecule has 0 spiro atoms. The molecular formula is C10H9BrN2O2. The largest absolute Gasteiger partial charge is 0.461 e. The first kappa shape index (κ1) is 10.3. The molecule has 0 fully saturated rings. The Bertz CT molecular complexity index is 421. The van der Waals surface area contributed by atoms with Gasteiger partial charge in [-0.05, 0) is 35.0 Å². The quantitative estimate of drug-likeness (QED) is 0.567. The number of aliphatic imine (C=N–C) groups is 2. The predicted molar refractivity (Wildman–Crippen MR) is 61.1 cm³/mol. The van der Waals surface area contributed by atoms with Crippen molar-refractivity contribution in [1.29, 1.82) is 0 Å². The fourth-order valence-electron chi connectivity index (χ4n) is 1.38. The molecule has 15 heavy (non-hydrogen) atoms. The normalized spacial score (nSPS) is 22.8. The number of carbonyl (C=O) groups is 1. The van der Waals surface area contributed by atoms with Gasteiger partial charge in [-0.1, -0.05) is 0 Å². The summed E-state index contributed by atoms with van der Waals surface area (Å²) in [4.78, 5) is 19.7. The van der Waals surface area contributed by atoms with Crippen molar-refractivity contribution in [2.45, 2.75) is 6.92 Å². The van der Waals surface area contributed by atoms with E-state index >= 15 is 0 Å². The van der Waals surface area contributed by atoms with Gasteiger partial charge >= 0.3 is 5.97 Å². The molecule has 2 aliphatic heterocycles. The standard InChI is InChI=1S/C10H9BrN2O2/c1-2-15-10(14)8-3-6-5-12-9(11)4-7(6)13-8/h3-6H,2H2,1H3/t6-/m0/s1. The van der Waals surface area contributed by atoms with Gasteiger partial charge in [0.25, 0.3) is 0 Å². The number of carbonyl (C=O) groups excluding carboxylic acids is 1. The van der Waals surface area contributed by atoms with Gasteiger partial charge in [0.15, 0.2) is 0 Å². The minimum absolute atomic E-state index is 0.00528. The summed E-state index contributed by atoms with van der Waals surface area (Å²) in [7, 11) is 0. The maximum Gasteiger partial charge on any atom is 0.356 e. The van der Waals surface area contributed by atoms with Gasteiger partial charge in [0.2, 0.25) is 0 Å². The van der Waals surface area contributed by atoms with Crippen molar-refractivity contribution in [1.82, 2.24) is 0 Å². The van der Waals surface area contributed by atoms with E-state index in [9.17, 15) is 4.79 Å². The van der Waals surface area contributed by atoms with E-state index in [0.717, 1.165) is 10.3 Å². The Morgan fingerprint density at radius 3 is 3.20 bits per heavy atom. The Balaban J connectivity index is 2.20. The van der Waals surface area contributed by atoms with E-state index in [2.05, 4.69) is 25.9 Å². The highest BCUT2D eigenvalue weighted by molar-refractivity contribution is 9.11. The SMILES string of the molecule is CCOC(=O)C1=C[C@H]2C=NC(Br)=CC2=N1. The van der Waals surface area contributed by atoms with Gasteiger partial charge in [0.05, 0.1) is 18.2 Å². The third-order valence-electron chi connectivity index (χ3n) is 2.04. The van der Waals surface area contributed by atoms with Crippen molar-refractivity contribution in [2.24, 2.45) is 15.9 Å². The monoisotopic (exact) mass is 268 g/mol. The van der Waals surface area contributed by atoms with Gasteiger partial charge < -0.3 is 4.74 Å². The second-order valence-corrected chi connectivity index (χ2v) is 3.89. The van der Waals surface area contributed by atoms with Crippen LogP contribution < -0.4 is 0 Å². The summed E-state index contributed by atoms with van der Waals surface area (Å²) in [5.74, 6) is -0.372. The van der Waals surface area contributed by atoms with E-state index in [0.29, 0.717) is 12.3 Å². The van der Waals surface area contributed by atoms with Crippen molar-refractivity contribution < 1.29 is 9.53 Å². The van der Waals surface area contributed by atoms with Crippen LogP contribution in [0.3, 0.4) is 0 Å². The lowest BCUT2D eigenvalue weighted by Crippen LogP contribution is -2.11. The number of halogens is 1. The highest BCUT2D eigenvalue weighted by atomic mass is 79.9. The lowest BCUT2D eigenvalue weighted by atomic mass is 10.0. The van der Waals surface area contributed by atoms with E-state index in [4.69, 9.17) is 4.74 Å². The molecule has 0 aromatic heterocycles. The molecule has 4 nitrogen and oxygen atoms in total. The third-order valence-corrected chi connectivity index (χ3v) is 2.47. The van der Waals surface area contributed by atoms with Crippen LogP contribution in [0.25, 0.3) is 0 Å². The molecule has 78 valence electrons. The molecular weight excluding hydrogens is 260 g/mol. The molecule has 0 bridgehead atoms. The van der Waals surface area contributed by atoms with Crippen molar-refractivity contribution >= 4 is 33.8 Å². The highest BCUT2D eigenvalue weighted by Crippen LogP contribution is 2.23. The van der Waals surface area contributed by atoms with Crippen molar-refractivity contribution in [2.75, 3.05) is 6.61 Å². The summed E-state index contributed by atoms with van der Waals surface area (Å²) < 4.78 is 5.59. The smallest absolute Gasteiger partial charge is 0.356 e. The topological polar surface area (TPSA) is 51.0 Å². The zero-order chi connectivity index (χ0) is 10.8. The predicted octanol–water partition coefficient (Wildman–Crippen LogP) is 1.82. The first-order chi connectivity index (χ1) is 7.20. The summed E-state index contributed by atoms with van der Waals surface area (Å²) in [6.07, 6.45) is 5.30. The van der Waals surface area contributed by atoms with Crippen LogP contribution in [-0.2, 0) is 9.53 Å². The van der Waals surface area contributed by atoms with Crippen LogP contribution >= 0.6 is 15.9 Å². The molecule has 0 amide bonds. The Hall–Kier alpha value is -1.23. The number of allylic oxidation sites excluding steroid dienone is 2. The third kappa shape index (κ3) is 2.07. The van der Waals surface area contributed by atoms with Crippen LogP contribution in [0.1, 0.15) is 6.92 Å². The van der Waals surface area contributed by atoms with Gasteiger partial charge in [-0.15, -0.1) is 0 Å². The van der Waals surface area contributed by atoms with E-state index < -0.39 is 0 Å². The van der Waals surface area contributed by atoms with E-state index in [1.807, 2.05) is 0 Å². The van der Waals surface area contributed by atoms with Gasteiger partial charge in [0.1, 0.15) is 10.3 Å². The molecule has 5 heteroatoms. The maximum absolute atomic E-state index is 11.4. The molecule has 2 heterocycles. The lowest BCUT2D eigenvalue weighted by molar-refractivity contribution is -0.138. The van der Waals surface area contributed by atoms with E-state index in [1.54, 1.807) is 25.3 Å². The summed E-state index contributed by atoms with van der Waals surface area (Å²) in [6, 6.07) is 0. The molecule has 0 aromatic carbocycles. The summed E-state index contributed by atoms with van der Waals surface area (Å²) in [6.45, 7) is 2.13. The number of nitrogens with zero attached hydrogens (tertiary/aromatic N) is 2. The Morgan fingerprint density at radius 2 is 2.47 bits per heavy atom. The number of fused-ring (bicyclic) bond motifs is 1. The van der Waals surface area contributed by atoms with Crippen LogP contribution in [0.2, 0.25) is 0 Å². The second kappa shape index (κ2) is 4.10. The number of hydrogen-bond acceptors (Lipinski definition) is 4. The Morgan fingerprint density at radius 1 is 1.67 bits per heavy atom. The van der Waals surface area contributed by atoms with Crippen molar-refractivity contribution in [3.8, 4) is 0 Å². The summed E-state index contributed by atoms with van der Waals surface area (Å²) in [5, 5.41) is 0. The van der Waals surface area contributed by atoms with Crippen molar-refractivity contribution in [3.63, 3.8) is 0 Å². The van der Waals surface area contributed by atoms with Gasteiger partial charge in [-0.3, -0.25) is 4.99 Å². The minimum atomic E-state index is -0.377. The van der Waals surface area contributed by atoms with Gasteiger partial charge in [-0.2, -0.15) is 0 Å². The first-order valence-electron chi connectivity index (χ1n) is 4.59. The average molecular weight is 269 g/mol. The number of esters is 1. The second-order valence-electron chi connectivity index (χ2n) is 3.08. The molecule has 0 N–H and O–H groups in total. The van der Waals surface area contributed by atoms with Gasteiger partial charge in [0, 0.05) is 6.21 Å². The minimum Gasteiger partial charge on any atom is -0.461 e. The summed E-state index contributed by atoms with van der Waals surface area (Å²) >= 11 is 3.26. The Labute approximate surface area is 95.6 Å². The van der Waals surface area contributed by atoms with Crippen LogP contribution in [0.5, 0.6) is 0 Å². The van der Waals surface area contributed by atoms with Crippen LogP contribution in [0.15, 0.2) is 32.4 Å².